The molecule has 18 heteroatoms. The van der Waals surface area contributed by atoms with Gasteiger partial charge in [0.15, 0.2) is 43.1 Å². The molecular weight excluding hydrogens is 624 g/mol. The van der Waals surface area contributed by atoms with Gasteiger partial charge in [0, 0.05) is 55.1 Å². The van der Waals surface area contributed by atoms with Crippen LogP contribution in [0.4, 0.5) is 0 Å². The van der Waals surface area contributed by atoms with Crippen LogP contribution >= 0.6 is 0 Å². The van der Waals surface area contributed by atoms with E-state index in [0.717, 1.165) is 48.5 Å². The maximum Gasteiger partial charge on any atom is 0.303 e. The Morgan fingerprint density at radius 2 is 0.804 bits per heavy atom. The molecule has 0 amide bonds. The molecule has 0 saturated carbocycles. The molecule has 0 bridgehead atoms. The van der Waals surface area contributed by atoms with Crippen molar-refractivity contribution in [3.05, 3.63) is 0 Å². The van der Waals surface area contributed by atoms with Gasteiger partial charge < -0.3 is 52.1 Å². The number of rotatable bonds is 13. The highest BCUT2D eigenvalue weighted by molar-refractivity contribution is 5.69. The van der Waals surface area contributed by atoms with E-state index >= 15 is 0 Å². The maximum absolute atomic E-state index is 12.3. The van der Waals surface area contributed by atoms with Gasteiger partial charge in [-0.2, -0.15) is 0 Å². The SMILES string of the molecule is CCOC1OC(COC(C)=O)C(OC2OC(COC(C)=O)C(OC(C)=O)C(OC(C)=O)C2OC(C)=O)C(OC(C)=O)C1OC(C)=O. The molecule has 10 unspecified atom stereocenters. The lowest BCUT2D eigenvalue weighted by molar-refractivity contribution is -0.360. The van der Waals surface area contributed by atoms with Crippen LogP contribution in [0.3, 0.4) is 0 Å². The van der Waals surface area contributed by atoms with Gasteiger partial charge in [0.25, 0.3) is 0 Å². The predicted molar refractivity (Wildman–Crippen MR) is 145 cm³/mol. The van der Waals surface area contributed by atoms with Gasteiger partial charge in [-0.1, -0.05) is 0 Å². The van der Waals surface area contributed by atoms with Crippen LogP contribution in [0.1, 0.15) is 55.4 Å². The smallest absolute Gasteiger partial charge is 0.303 e. The Balaban J connectivity index is 2.70. The lowest BCUT2D eigenvalue weighted by atomic mass is 9.96. The van der Waals surface area contributed by atoms with Crippen LogP contribution in [-0.4, -0.2) is 123 Å². The van der Waals surface area contributed by atoms with Crippen molar-refractivity contribution in [2.45, 2.75) is 117 Å². The first-order chi connectivity index (χ1) is 21.5. The number of hydrogen-bond donors (Lipinski definition) is 0. The van der Waals surface area contributed by atoms with Crippen molar-refractivity contribution in [2.24, 2.45) is 0 Å². The van der Waals surface area contributed by atoms with Crippen LogP contribution in [0.5, 0.6) is 0 Å². The zero-order valence-electron chi connectivity index (χ0n) is 26.7. The van der Waals surface area contributed by atoms with E-state index in [-0.39, 0.29) is 6.61 Å². The molecule has 0 radical (unpaired) electrons. The van der Waals surface area contributed by atoms with Crippen molar-refractivity contribution in [3.8, 4) is 0 Å². The molecule has 2 aliphatic rings. The number of carbonyl (C=O) groups excluding carboxylic acids is 7. The van der Waals surface area contributed by atoms with Gasteiger partial charge in [0.05, 0.1) is 0 Å². The number of hydrogen-bond acceptors (Lipinski definition) is 18. The summed E-state index contributed by atoms with van der Waals surface area (Å²) in [5.41, 5.74) is 0. The van der Waals surface area contributed by atoms with Crippen LogP contribution < -0.4 is 0 Å². The first-order valence-corrected chi connectivity index (χ1v) is 14.2. The zero-order chi connectivity index (χ0) is 34.7. The third kappa shape index (κ3) is 11.5. The van der Waals surface area contributed by atoms with E-state index in [1.54, 1.807) is 6.92 Å². The van der Waals surface area contributed by atoms with Crippen LogP contribution in [0.2, 0.25) is 0 Å². The molecule has 0 aromatic heterocycles. The summed E-state index contributed by atoms with van der Waals surface area (Å²) in [6, 6.07) is 0. The summed E-state index contributed by atoms with van der Waals surface area (Å²) in [5, 5.41) is 0. The van der Waals surface area contributed by atoms with Crippen molar-refractivity contribution in [3.63, 3.8) is 0 Å². The summed E-state index contributed by atoms with van der Waals surface area (Å²) < 4.78 is 61.2. The zero-order valence-corrected chi connectivity index (χ0v) is 26.7. The molecule has 2 rings (SSSR count). The van der Waals surface area contributed by atoms with E-state index in [0.29, 0.717) is 0 Å². The van der Waals surface area contributed by atoms with E-state index in [1.165, 1.54) is 0 Å². The molecule has 0 N–H and O–H groups in total. The first kappa shape index (κ1) is 38.3. The third-order valence-corrected chi connectivity index (χ3v) is 6.22. The highest BCUT2D eigenvalue weighted by Gasteiger charge is 2.57. The van der Waals surface area contributed by atoms with Gasteiger partial charge in [-0.25, -0.2) is 0 Å². The molecule has 2 heterocycles. The fourth-order valence-electron chi connectivity index (χ4n) is 4.77. The summed E-state index contributed by atoms with van der Waals surface area (Å²) in [6.07, 6.45) is -15.0. The Labute approximate surface area is 264 Å². The Bertz CT molecular complexity index is 1120. The van der Waals surface area contributed by atoms with Gasteiger partial charge >= 0.3 is 41.8 Å². The molecule has 18 nitrogen and oxygen atoms in total. The quantitative estimate of drug-likeness (QED) is 0.181. The monoisotopic (exact) mass is 664 g/mol. The number of carbonyl (C=O) groups is 7. The van der Waals surface area contributed by atoms with Crippen molar-refractivity contribution < 1.29 is 85.7 Å². The van der Waals surface area contributed by atoms with E-state index in [9.17, 15) is 33.6 Å². The number of esters is 7. The molecule has 2 saturated heterocycles. The average molecular weight is 665 g/mol. The van der Waals surface area contributed by atoms with Crippen molar-refractivity contribution in [1.82, 2.24) is 0 Å². The molecular formula is C28H40O18. The Morgan fingerprint density at radius 3 is 1.22 bits per heavy atom. The van der Waals surface area contributed by atoms with Gasteiger partial charge in [0.2, 0.25) is 0 Å². The highest BCUT2D eigenvalue weighted by Crippen LogP contribution is 2.35. The van der Waals surface area contributed by atoms with E-state index in [4.69, 9.17) is 52.1 Å². The van der Waals surface area contributed by atoms with Crippen LogP contribution in [0.15, 0.2) is 0 Å². The predicted octanol–water partition coefficient (Wildman–Crippen LogP) is -0.357. The minimum absolute atomic E-state index is 0.0563. The molecule has 0 aromatic rings. The molecule has 2 fully saturated rings. The van der Waals surface area contributed by atoms with E-state index in [2.05, 4.69) is 0 Å². The molecule has 0 spiro atoms. The van der Waals surface area contributed by atoms with Crippen molar-refractivity contribution in [1.29, 1.82) is 0 Å². The summed E-state index contributed by atoms with van der Waals surface area (Å²) in [4.78, 5) is 84.4. The number of ether oxygens (including phenoxy) is 11. The summed E-state index contributed by atoms with van der Waals surface area (Å²) in [7, 11) is 0. The largest absolute Gasteiger partial charge is 0.463 e. The van der Waals surface area contributed by atoms with Crippen molar-refractivity contribution in [2.75, 3.05) is 19.8 Å². The molecule has 10 atom stereocenters. The van der Waals surface area contributed by atoms with Gasteiger partial charge in [-0.3, -0.25) is 33.6 Å². The topological polar surface area (TPSA) is 221 Å². The molecule has 2 aliphatic heterocycles. The Hall–Kier alpha value is -3.87. The summed E-state index contributed by atoms with van der Waals surface area (Å²) in [6.45, 7) is 8.16. The van der Waals surface area contributed by atoms with Crippen LogP contribution in [0, 0.1) is 0 Å². The normalized spacial score (nSPS) is 30.6. The minimum atomic E-state index is -1.76. The lowest BCUT2D eigenvalue weighted by Crippen LogP contribution is -2.67. The fraction of sp³-hybridized carbons (Fsp3) is 0.750. The molecule has 0 aliphatic carbocycles. The minimum Gasteiger partial charge on any atom is -0.463 e. The van der Waals surface area contributed by atoms with E-state index < -0.39 is 116 Å². The fourth-order valence-corrected chi connectivity index (χ4v) is 4.77. The lowest BCUT2D eigenvalue weighted by Gasteiger charge is -2.48. The van der Waals surface area contributed by atoms with E-state index in [1.807, 2.05) is 0 Å². The van der Waals surface area contributed by atoms with Gasteiger partial charge in [-0.15, -0.1) is 0 Å². The first-order valence-electron chi connectivity index (χ1n) is 14.2. The second kappa shape index (κ2) is 17.7. The summed E-state index contributed by atoms with van der Waals surface area (Å²) in [5.74, 6) is -5.73. The standard InChI is InChI=1S/C28H40O18/c1-9-36-27-25(42-17(7)34)24(41-16(6)33)22(20(44-27)11-38-13(3)30)46-28-26(43-18(8)35)23(40-15(5)32)21(39-14(4)31)19(45-28)10-37-12(2)29/h19-28H,9-11H2,1-8H3. The van der Waals surface area contributed by atoms with Crippen LogP contribution in [-0.2, 0) is 85.7 Å². The van der Waals surface area contributed by atoms with Gasteiger partial charge in [0.1, 0.15) is 31.5 Å². The second-order valence-electron chi connectivity index (χ2n) is 10.1. The Morgan fingerprint density at radius 1 is 0.457 bits per heavy atom. The molecule has 0 aromatic carbocycles. The second-order valence-corrected chi connectivity index (χ2v) is 10.1. The maximum atomic E-state index is 12.3. The molecule has 46 heavy (non-hydrogen) atoms. The summed E-state index contributed by atoms with van der Waals surface area (Å²) >= 11 is 0. The Kier molecular flexibility index (Phi) is 14.8. The highest BCUT2D eigenvalue weighted by atomic mass is 16.8. The van der Waals surface area contributed by atoms with Crippen molar-refractivity contribution >= 4 is 41.8 Å². The van der Waals surface area contributed by atoms with Gasteiger partial charge in [-0.05, 0) is 6.92 Å². The third-order valence-electron chi connectivity index (χ3n) is 6.22. The van der Waals surface area contributed by atoms with Crippen LogP contribution in [0.25, 0.3) is 0 Å². The molecule has 260 valence electrons. The average Bonchev–Trinajstić information content (AvgIpc) is 2.91.